The first kappa shape index (κ1) is 11.5. The van der Waals surface area contributed by atoms with Crippen LogP contribution in [0, 0.1) is 5.92 Å². The molecule has 0 aliphatic heterocycles. The van der Waals surface area contributed by atoms with Crippen molar-refractivity contribution in [2.24, 2.45) is 11.7 Å². The zero-order chi connectivity index (χ0) is 10.4. The predicted molar refractivity (Wildman–Crippen MR) is 54.8 cm³/mol. The molecule has 0 bridgehead atoms. The summed E-state index contributed by atoms with van der Waals surface area (Å²) in [5.74, 6) is 0.507. The van der Waals surface area contributed by atoms with Crippen LogP contribution in [0.3, 0.4) is 0 Å². The standard InChI is InChI=1S/C10H20N2O2/c1-12-9(10(11)13)7-14-6-5-8-3-2-4-8/h8-9,12H,2-7H2,1H3,(H2,11,13). The van der Waals surface area contributed by atoms with Gasteiger partial charge in [0.1, 0.15) is 6.04 Å². The van der Waals surface area contributed by atoms with E-state index >= 15 is 0 Å². The van der Waals surface area contributed by atoms with Gasteiger partial charge in [0, 0.05) is 6.61 Å². The van der Waals surface area contributed by atoms with E-state index < -0.39 is 0 Å². The molecule has 0 spiro atoms. The Kier molecular flexibility index (Phi) is 4.90. The molecule has 1 rings (SSSR count). The van der Waals surface area contributed by atoms with Crippen LogP contribution in [0.5, 0.6) is 0 Å². The maximum Gasteiger partial charge on any atom is 0.236 e. The number of nitrogens with two attached hydrogens (primary N) is 1. The van der Waals surface area contributed by atoms with Crippen molar-refractivity contribution in [2.45, 2.75) is 31.7 Å². The van der Waals surface area contributed by atoms with Gasteiger partial charge in [-0.15, -0.1) is 0 Å². The average Bonchev–Trinajstić information content (AvgIpc) is 2.07. The lowest BCUT2D eigenvalue weighted by Gasteiger charge is -2.25. The van der Waals surface area contributed by atoms with Gasteiger partial charge in [0.05, 0.1) is 6.61 Å². The van der Waals surface area contributed by atoms with Crippen LogP contribution in [0.4, 0.5) is 0 Å². The third-order valence-corrected chi connectivity index (χ3v) is 2.87. The van der Waals surface area contributed by atoms with Crippen LogP contribution in [0.15, 0.2) is 0 Å². The molecule has 1 aliphatic carbocycles. The first-order chi connectivity index (χ1) is 6.74. The molecule has 14 heavy (non-hydrogen) atoms. The van der Waals surface area contributed by atoms with Crippen LogP contribution in [0.2, 0.25) is 0 Å². The molecule has 4 nitrogen and oxygen atoms in total. The minimum atomic E-state index is -0.351. The molecule has 1 aliphatic rings. The highest BCUT2D eigenvalue weighted by atomic mass is 16.5. The van der Waals surface area contributed by atoms with Crippen molar-refractivity contribution in [3.05, 3.63) is 0 Å². The maximum atomic E-state index is 10.8. The molecule has 1 fully saturated rings. The molecule has 1 unspecified atom stereocenters. The average molecular weight is 200 g/mol. The monoisotopic (exact) mass is 200 g/mol. The van der Waals surface area contributed by atoms with E-state index in [2.05, 4.69) is 5.32 Å². The van der Waals surface area contributed by atoms with Gasteiger partial charge in [-0.1, -0.05) is 19.3 Å². The van der Waals surface area contributed by atoms with E-state index in [1.165, 1.54) is 19.3 Å². The van der Waals surface area contributed by atoms with Crippen molar-refractivity contribution in [1.29, 1.82) is 0 Å². The third-order valence-electron chi connectivity index (χ3n) is 2.87. The van der Waals surface area contributed by atoms with E-state index in [0.29, 0.717) is 6.61 Å². The van der Waals surface area contributed by atoms with Gasteiger partial charge in [0.25, 0.3) is 0 Å². The van der Waals surface area contributed by atoms with E-state index in [-0.39, 0.29) is 11.9 Å². The quantitative estimate of drug-likeness (QED) is 0.580. The fourth-order valence-electron chi connectivity index (χ4n) is 1.54. The summed E-state index contributed by atoms with van der Waals surface area (Å²) in [6, 6.07) is -0.351. The Hall–Kier alpha value is -0.610. The van der Waals surface area contributed by atoms with Crippen LogP contribution in [0.1, 0.15) is 25.7 Å². The van der Waals surface area contributed by atoms with Gasteiger partial charge in [-0.3, -0.25) is 4.79 Å². The van der Waals surface area contributed by atoms with Gasteiger partial charge in [0.2, 0.25) is 5.91 Å². The number of primary amides is 1. The summed E-state index contributed by atoms with van der Waals surface area (Å²) in [6.45, 7) is 1.13. The Morgan fingerprint density at radius 1 is 1.64 bits per heavy atom. The van der Waals surface area contributed by atoms with Gasteiger partial charge in [-0.05, 0) is 19.4 Å². The Balaban J connectivity index is 1.98. The van der Waals surface area contributed by atoms with Crippen molar-refractivity contribution < 1.29 is 9.53 Å². The summed E-state index contributed by atoms with van der Waals surface area (Å²) in [7, 11) is 1.71. The second kappa shape index (κ2) is 5.98. The Morgan fingerprint density at radius 3 is 2.79 bits per heavy atom. The molecule has 1 amide bonds. The number of rotatable bonds is 7. The second-order valence-corrected chi connectivity index (χ2v) is 3.90. The number of carbonyl (C=O) groups is 1. The van der Waals surface area contributed by atoms with Crippen molar-refractivity contribution in [1.82, 2.24) is 5.32 Å². The van der Waals surface area contributed by atoms with E-state index in [9.17, 15) is 4.79 Å². The van der Waals surface area contributed by atoms with Crippen LogP contribution >= 0.6 is 0 Å². The topological polar surface area (TPSA) is 64.3 Å². The number of carbonyl (C=O) groups excluding carboxylic acids is 1. The van der Waals surface area contributed by atoms with Crippen LogP contribution in [0.25, 0.3) is 0 Å². The third kappa shape index (κ3) is 3.64. The summed E-state index contributed by atoms with van der Waals surface area (Å²) >= 11 is 0. The molecular weight excluding hydrogens is 180 g/mol. The van der Waals surface area contributed by atoms with Gasteiger partial charge in [0.15, 0.2) is 0 Å². The SMILES string of the molecule is CNC(COCCC1CCC1)C(N)=O. The molecule has 0 aromatic heterocycles. The predicted octanol–water partition coefficient (Wildman–Crippen LogP) is 0.267. The molecule has 3 N–H and O–H groups in total. The molecule has 4 heteroatoms. The van der Waals surface area contributed by atoms with E-state index in [4.69, 9.17) is 10.5 Å². The first-order valence-electron chi connectivity index (χ1n) is 5.28. The fraction of sp³-hybridized carbons (Fsp3) is 0.900. The molecular formula is C10H20N2O2. The van der Waals surface area contributed by atoms with Crippen molar-refractivity contribution >= 4 is 5.91 Å². The van der Waals surface area contributed by atoms with Crippen molar-refractivity contribution in [3.63, 3.8) is 0 Å². The number of hydrogen-bond donors (Lipinski definition) is 2. The summed E-state index contributed by atoms with van der Waals surface area (Å²) in [5.41, 5.74) is 5.15. The van der Waals surface area contributed by atoms with Gasteiger partial charge in [-0.25, -0.2) is 0 Å². The summed E-state index contributed by atoms with van der Waals surface area (Å²) < 4.78 is 5.39. The Morgan fingerprint density at radius 2 is 2.36 bits per heavy atom. The minimum Gasteiger partial charge on any atom is -0.379 e. The number of hydrogen-bond acceptors (Lipinski definition) is 3. The molecule has 82 valence electrons. The minimum absolute atomic E-state index is 0.351. The van der Waals surface area contributed by atoms with E-state index in [1.54, 1.807) is 7.05 Å². The zero-order valence-corrected chi connectivity index (χ0v) is 8.79. The van der Waals surface area contributed by atoms with Gasteiger partial charge >= 0.3 is 0 Å². The smallest absolute Gasteiger partial charge is 0.236 e. The van der Waals surface area contributed by atoms with E-state index in [0.717, 1.165) is 18.9 Å². The fourth-order valence-corrected chi connectivity index (χ4v) is 1.54. The van der Waals surface area contributed by atoms with Crippen LogP contribution in [-0.2, 0) is 9.53 Å². The summed E-state index contributed by atoms with van der Waals surface area (Å²) in [5, 5.41) is 2.82. The van der Waals surface area contributed by atoms with E-state index in [1.807, 2.05) is 0 Å². The molecule has 0 radical (unpaired) electrons. The molecule has 0 saturated heterocycles. The second-order valence-electron chi connectivity index (χ2n) is 3.90. The van der Waals surface area contributed by atoms with Crippen LogP contribution < -0.4 is 11.1 Å². The van der Waals surface area contributed by atoms with Crippen molar-refractivity contribution in [2.75, 3.05) is 20.3 Å². The van der Waals surface area contributed by atoms with Gasteiger partial charge < -0.3 is 15.8 Å². The number of likely N-dealkylation sites (N-methyl/N-ethyl adjacent to an activating group) is 1. The van der Waals surface area contributed by atoms with Crippen molar-refractivity contribution in [3.8, 4) is 0 Å². The molecule has 0 aromatic rings. The summed E-state index contributed by atoms with van der Waals surface area (Å²) in [4.78, 5) is 10.8. The lowest BCUT2D eigenvalue weighted by Crippen LogP contribution is -2.42. The number of amides is 1. The first-order valence-corrected chi connectivity index (χ1v) is 5.28. The molecule has 1 atom stereocenters. The number of ether oxygens (including phenoxy) is 1. The lowest BCUT2D eigenvalue weighted by atomic mass is 9.83. The maximum absolute atomic E-state index is 10.8. The normalized spacial score (nSPS) is 18.9. The number of nitrogens with one attached hydrogen (secondary N) is 1. The highest BCUT2D eigenvalue weighted by Crippen LogP contribution is 2.28. The Bertz CT molecular complexity index is 181. The molecule has 0 heterocycles. The zero-order valence-electron chi connectivity index (χ0n) is 8.79. The van der Waals surface area contributed by atoms with Crippen LogP contribution in [-0.4, -0.2) is 32.2 Å². The highest BCUT2D eigenvalue weighted by Gasteiger charge is 2.17. The lowest BCUT2D eigenvalue weighted by molar-refractivity contribution is -0.121. The molecule has 1 saturated carbocycles. The highest BCUT2D eigenvalue weighted by molar-refractivity contribution is 5.79. The van der Waals surface area contributed by atoms with Gasteiger partial charge in [-0.2, -0.15) is 0 Å². The Labute approximate surface area is 85.2 Å². The summed E-state index contributed by atoms with van der Waals surface area (Å²) in [6.07, 6.45) is 5.17. The largest absolute Gasteiger partial charge is 0.379 e. The molecule has 0 aromatic carbocycles.